The second-order valence-electron chi connectivity index (χ2n) is 6.95. The Morgan fingerprint density at radius 2 is 2.11 bits per heavy atom. The van der Waals surface area contributed by atoms with E-state index in [2.05, 4.69) is 48.2 Å². The summed E-state index contributed by atoms with van der Waals surface area (Å²) in [5.74, 6) is 0.905. The van der Waals surface area contributed by atoms with E-state index in [4.69, 9.17) is 9.73 Å². The van der Waals surface area contributed by atoms with Gasteiger partial charge < -0.3 is 20.3 Å². The molecule has 2 rings (SSSR count). The summed E-state index contributed by atoms with van der Waals surface area (Å²) in [5, 5.41) is 8.04. The van der Waals surface area contributed by atoms with Crippen LogP contribution in [0.25, 0.3) is 0 Å². The minimum absolute atomic E-state index is 0. The quantitative estimate of drug-likeness (QED) is 0.304. The van der Waals surface area contributed by atoms with E-state index in [0.717, 1.165) is 63.0 Å². The lowest BCUT2D eigenvalue weighted by molar-refractivity contribution is 0.0532. The number of rotatable bonds is 9. The number of hydrogen-bond donors (Lipinski definition) is 2. The molecule has 0 saturated carbocycles. The van der Waals surface area contributed by atoms with Crippen LogP contribution in [0.4, 0.5) is 0 Å². The number of ether oxygens (including phenoxy) is 1. The van der Waals surface area contributed by atoms with Gasteiger partial charge in [-0.1, -0.05) is 6.92 Å². The number of aryl methyl sites for hydroxylation is 1. The monoisotopic (exact) mass is 509 g/mol. The fourth-order valence-corrected chi connectivity index (χ4v) is 3.75. The third-order valence-corrected chi connectivity index (χ3v) is 5.58. The van der Waals surface area contributed by atoms with Gasteiger partial charge in [-0.2, -0.15) is 0 Å². The molecule has 0 spiro atoms. The standard InChI is InChI=1S/C19H35N5OS.HI/c1-5-17-13-21-18(26-17)14-22-19(20-6-2)23-16-7-9-24(10-8-16)11-12-25-15(3)4;/h13,15-16H,5-12,14H2,1-4H3,(H2,20,22,23);1H. The molecular formula is C19H36IN5OS. The molecule has 0 aliphatic carbocycles. The van der Waals surface area contributed by atoms with Crippen LogP contribution in [0.15, 0.2) is 11.2 Å². The van der Waals surface area contributed by atoms with Crippen molar-refractivity contribution < 1.29 is 4.74 Å². The van der Waals surface area contributed by atoms with E-state index < -0.39 is 0 Å². The average molecular weight is 510 g/mol. The van der Waals surface area contributed by atoms with Gasteiger partial charge >= 0.3 is 0 Å². The molecule has 0 atom stereocenters. The van der Waals surface area contributed by atoms with Gasteiger partial charge in [0.05, 0.1) is 19.3 Å². The molecule has 0 aromatic carbocycles. The first kappa shape index (κ1) is 24.6. The molecule has 0 unspecified atom stereocenters. The van der Waals surface area contributed by atoms with Crippen LogP contribution in [-0.4, -0.2) is 60.8 Å². The van der Waals surface area contributed by atoms with Gasteiger partial charge in [0.2, 0.25) is 0 Å². The lowest BCUT2D eigenvalue weighted by Gasteiger charge is -2.33. The zero-order valence-corrected chi connectivity index (χ0v) is 20.3. The van der Waals surface area contributed by atoms with Gasteiger partial charge in [-0.15, -0.1) is 35.3 Å². The van der Waals surface area contributed by atoms with Crippen LogP contribution in [-0.2, 0) is 17.7 Å². The van der Waals surface area contributed by atoms with E-state index in [1.54, 1.807) is 11.3 Å². The number of aliphatic imine (C=N–C) groups is 1. The highest BCUT2D eigenvalue weighted by Gasteiger charge is 2.19. The van der Waals surface area contributed by atoms with Gasteiger partial charge in [0.25, 0.3) is 0 Å². The van der Waals surface area contributed by atoms with Crippen molar-refractivity contribution in [2.45, 2.75) is 65.6 Å². The summed E-state index contributed by atoms with van der Waals surface area (Å²) in [4.78, 5) is 13.0. The van der Waals surface area contributed by atoms with Crippen molar-refractivity contribution in [3.63, 3.8) is 0 Å². The maximum atomic E-state index is 5.66. The van der Waals surface area contributed by atoms with E-state index in [1.807, 2.05) is 6.20 Å². The van der Waals surface area contributed by atoms with Gasteiger partial charge in [-0.3, -0.25) is 0 Å². The topological polar surface area (TPSA) is 61.8 Å². The van der Waals surface area contributed by atoms with Crippen LogP contribution in [0.5, 0.6) is 0 Å². The summed E-state index contributed by atoms with van der Waals surface area (Å²) in [6.07, 6.45) is 5.61. The van der Waals surface area contributed by atoms with Crippen LogP contribution in [0.1, 0.15) is 50.4 Å². The van der Waals surface area contributed by atoms with Gasteiger partial charge in [0.15, 0.2) is 5.96 Å². The number of halogens is 1. The number of aromatic nitrogens is 1. The Hall–Kier alpha value is -0.450. The van der Waals surface area contributed by atoms with Crippen LogP contribution >= 0.6 is 35.3 Å². The number of guanidine groups is 1. The zero-order chi connectivity index (χ0) is 18.8. The molecule has 1 saturated heterocycles. The fourth-order valence-electron chi connectivity index (χ4n) is 2.96. The number of thiazole rings is 1. The van der Waals surface area contributed by atoms with Gasteiger partial charge in [0, 0.05) is 43.3 Å². The maximum Gasteiger partial charge on any atom is 0.191 e. The number of hydrogen-bond acceptors (Lipinski definition) is 5. The van der Waals surface area contributed by atoms with Crippen LogP contribution in [0.3, 0.4) is 0 Å². The molecule has 1 aromatic heterocycles. The van der Waals surface area contributed by atoms with E-state index in [9.17, 15) is 0 Å². The van der Waals surface area contributed by atoms with E-state index in [1.165, 1.54) is 4.88 Å². The van der Waals surface area contributed by atoms with Gasteiger partial charge in [-0.25, -0.2) is 9.98 Å². The highest BCUT2D eigenvalue weighted by Crippen LogP contribution is 2.14. The van der Waals surface area contributed by atoms with Crippen molar-refractivity contribution in [2.24, 2.45) is 4.99 Å². The van der Waals surface area contributed by atoms with Gasteiger partial charge in [-0.05, 0) is 40.0 Å². The number of nitrogens with one attached hydrogen (secondary N) is 2. The third-order valence-electron chi connectivity index (χ3n) is 4.45. The molecule has 156 valence electrons. The van der Waals surface area contributed by atoms with Crippen molar-refractivity contribution in [2.75, 3.05) is 32.8 Å². The fraction of sp³-hybridized carbons (Fsp3) is 0.789. The second-order valence-corrected chi connectivity index (χ2v) is 8.15. The molecule has 1 fully saturated rings. The van der Waals surface area contributed by atoms with Crippen LogP contribution < -0.4 is 10.6 Å². The lowest BCUT2D eigenvalue weighted by Crippen LogP contribution is -2.49. The highest BCUT2D eigenvalue weighted by atomic mass is 127. The maximum absolute atomic E-state index is 5.66. The first-order chi connectivity index (χ1) is 12.6. The highest BCUT2D eigenvalue weighted by molar-refractivity contribution is 14.0. The predicted octanol–water partition coefficient (Wildman–Crippen LogP) is 3.27. The molecule has 2 heterocycles. The Labute approximate surface area is 185 Å². The van der Waals surface area contributed by atoms with Gasteiger partial charge in [0.1, 0.15) is 5.01 Å². The Morgan fingerprint density at radius 1 is 1.37 bits per heavy atom. The zero-order valence-electron chi connectivity index (χ0n) is 17.2. The molecular weight excluding hydrogens is 473 g/mol. The lowest BCUT2D eigenvalue weighted by atomic mass is 10.1. The Bertz CT molecular complexity index is 544. The normalized spacial score (nSPS) is 16.4. The smallest absolute Gasteiger partial charge is 0.191 e. The SMILES string of the molecule is CCNC(=NCc1ncc(CC)s1)NC1CCN(CCOC(C)C)CC1.I. The summed E-state index contributed by atoms with van der Waals surface area (Å²) in [6, 6.07) is 0.484. The molecule has 0 radical (unpaired) electrons. The largest absolute Gasteiger partial charge is 0.377 e. The molecule has 6 nitrogen and oxygen atoms in total. The second kappa shape index (κ2) is 13.7. The Morgan fingerprint density at radius 3 is 2.70 bits per heavy atom. The molecule has 0 amide bonds. The predicted molar refractivity (Wildman–Crippen MR) is 125 cm³/mol. The van der Waals surface area contributed by atoms with Crippen LogP contribution in [0, 0.1) is 0 Å². The van der Waals surface area contributed by atoms with Crippen molar-refractivity contribution in [1.29, 1.82) is 0 Å². The van der Waals surface area contributed by atoms with Crippen molar-refractivity contribution in [1.82, 2.24) is 20.5 Å². The van der Waals surface area contributed by atoms with E-state index in [0.29, 0.717) is 18.7 Å². The van der Waals surface area contributed by atoms with E-state index in [-0.39, 0.29) is 24.0 Å². The Balaban J connectivity index is 0.00000364. The summed E-state index contributed by atoms with van der Waals surface area (Å²) in [6.45, 7) is 14.0. The Kier molecular flexibility index (Phi) is 12.5. The van der Waals surface area contributed by atoms with Crippen molar-refractivity contribution >= 4 is 41.3 Å². The molecule has 0 bridgehead atoms. The summed E-state index contributed by atoms with van der Waals surface area (Å²) >= 11 is 1.76. The molecule has 8 heteroatoms. The molecule has 1 aliphatic rings. The van der Waals surface area contributed by atoms with E-state index >= 15 is 0 Å². The summed E-state index contributed by atoms with van der Waals surface area (Å²) in [7, 11) is 0. The molecule has 2 N–H and O–H groups in total. The minimum atomic E-state index is 0. The first-order valence-corrected chi connectivity index (χ1v) is 10.7. The molecule has 27 heavy (non-hydrogen) atoms. The van der Waals surface area contributed by atoms with Crippen molar-refractivity contribution in [3.8, 4) is 0 Å². The molecule has 1 aromatic rings. The van der Waals surface area contributed by atoms with Crippen LogP contribution in [0.2, 0.25) is 0 Å². The number of nitrogens with zero attached hydrogens (tertiary/aromatic N) is 3. The number of likely N-dealkylation sites (tertiary alicyclic amines) is 1. The minimum Gasteiger partial charge on any atom is -0.377 e. The number of piperidine rings is 1. The third kappa shape index (κ3) is 9.54. The molecule has 1 aliphatic heterocycles. The van der Waals surface area contributed by atoms with Crippen molar-refractivity contribution in [3.05, 3.63) is 16.1 Å². The first-order valence-electron chi connectivity index (χ1n) is 9.93. The summed E-state index contributed by atoms with van der Waals surface area (Å²) in [5.41, 5.74) is 0. The average Bonchev–Trinajstić information content (AvgIpc) is 3.09. The summed E-state index contributed by atoms with van der Waals surface area (Å²) < 4.78 is 5.66.